The van der Waals surface area contributed by atoms with E-state index in [-0.39, 0.29) is 37.2 Å². The van der Waals surface area contributed by atoms with Crippen LogP contribution >= 0.6 is 0 Å². The first kappa shape index (κ1) is 28.6. The van der Waals surface area contributed by atoms with Gasteiger partial charge in [0.25, 0.3) is 0 Å². The summed E-state index contributed by atoms with van der Waals surface area (Å²) in [5.74, 6) is -1.02. The summed E-state index contributed by atoms with van der Waals surface area (Å²) in [6.07, 6.45) is 1.89. The van der Waals surface area contributed by atoms with Crippen LogP contribution in [0.1, 0.15) is 25.8 Å². The van der Waals surface area contributed by atoms with Crippen LogP contribution in [0.2, 0.25) is 0 Å². The molecule has 6 nitrogen and oxygen atoms in total. The van der Waals surface area contributed by atoms with Crippen molar-refractivity contribution in [1.29, 1.82) is 0 Å². The van der Waals surface area contributed by atoms with Crippen LogP contribution in [0.5, 0.6) is 0 Å². The number of anilines is 4. The molecule has 1 aliphatic heterocycles. The lowest BCUT2D eigenvalue weighted by Gasteiger charge is -2.35. The van der Waals surface area contributed by atoms with Gasteiger partial charge in [0, 0.05) is 17.4 Å². The molecule has 0 spiro atoms. The number of fused-ring (bicyclic) bond motifs is 1. The summed E-state index contributed by atoms with van der Waals surface area (Å²) in [5.41, 5.74) is 1.75. The molecule has 3 amide bonds. The summed E-state index contributed by atoms with van der Waals surface area (Å²) in [7, 11) is 0. The lowest BCUT2D eigenvalue weighted by atomic mass is 9.76. The number of rotatable bonds is 9. The summed E-state index contributed by atoms with van der Waals surface area (Å²) in [5, 5.41) is 0. The van der Waals surface area contributed by atoms with Crippen molar-refractivity contribution in [3.63, 3.8) is 0 Å². The highest BCUT2D eigenvalue weighted by molar-refractivity contribution is 6.24. The van der Waals surface area contributed by atoms with E-state index in [0.29, 0.717) is 17.1 Å². The molecule has 0 aromatic heterocycles. The van der Waals surface area contributed by atoms with Crippen LogP contribution in [-0.2, 0) is 20.8 Å². The molecule has 1 heterocycles. The lowest BCUT2D eigenvalue weighted by Crippen LogP contribution is -2.54. The number of benzene rings is 4. The zero-order valence-electron chi connectivity index (χ0n) is 24.0. The molecule has 4 aromatic carbocycles. The molecule has 6 heteroatoms. The van der Waals surface area contributed by atoms with Crippen LogP contribution in [0.25, 0.3) is 0 Å². The summed E-state index contributed by atoms with van der Waals surface area (Å²) < 4.78 is 0. The molecule has 0 fully saturated rings. The Morgan fingerprint density at radius 1 is 0.786 bits per heavy atom. The Kier molecular flexibility index (Phi) is 8.34. The van der Waals surface area contributed by atoms with E-state index < -0.39 is 11.3 Å². The molecule has 0 saturated heterocycles. The maximum absolute atomic E-state index is 14.9. The van der Waals surface area contributed by atoms with E-state index in [1.807, 2.05) is 123 Å². The highest BCUT2D eigenvalue weighted by atomic mass is 16.2. The van der Waals surface area contributed by atoms with Gasteiger partial charge in [0.05, 0.1) is 11.4 Å². The van der Waals surface area contributed by atoms with Crippen molar-refractivity contribution in [2.75, 3.05) is 21.2 Å². The van der Waals surface area contributed by atoms with E-state index in [0.717, 1.165) is 11.3 Å². The molecule has 0 saturated carbocycles. The van der Waals surface area contributed by atoms with Gasteiger partial charge in [-0.1, -0.05) is 84.9 Å². The fourth-order valence-corrected chi connectivity index (χ4v) is 5.77. The zero-order chi connectivity index (χ0) is 29.7. The van der Waals surface area contributed by atoms with E-state index in [4.69, 9.17) is 0 Å². The number of carbonyl (C=O) groups is 3. The fraction of sp³-hybridized carbons (Fsp3) is 0.194. The van der Waals surface area contributed by atoms with Crippen LogP contribution in [0.15, 0.2) is 128 Å². The van der Waals surface area contributed by atoms with Gasteiger partial charge in [-0.2, -0.15) is 0 Å². The van der Waals surface area contributed by atoms with Gasteiger partial charge in [0.15, 0.2) is 0 Å². The molecule has 0 N–H and O–H groups in total. The third-order valence-corrected chi connectivity index (χ3v) is 7.65. The first-order valence-electron chi connectivity index (χ1n) is 14.2. The summed E-state index contributed by atoms with van der Waals surface area (Å²) >= 11 is 0. The first-order valence-corrected chi connectivity index (χ1v) is 14.2. The van der Waals surface area contributed by atoms with Gasteiger partial charge in [-0.15, -0.1) is 6.58 Å². The molecule has 212 valence electrons. The maximum Gasteiger partial charge on any atom is 0.247 e. The van der Waals surface area contributed by atoms with Crippen LogP contribution in [-0.4, -0.2) is 30.3 Å². The van der Waals surface area contributed by atoms with Gasteiger partial charge in [-0.05, 0) is 68.7 Å². The Morgan fingerprint density at radius 2 is 1.33 bits per heavy atom. The van der Waals surface area contributed by atoms with E-state index in [1.165, 1.54) is 4.90 Å². The molecule has 0 bridgehead atoms. The van der Waals surface area contributed by atoms with Crippen molar-refractivity contribution in [3.8, 4) is 0 Å². The van der Waals surface area contributed by atoms with Crippen molar-refractivity contribution in [2.45, 2.75) is 32.7 Å². The Hall–Kier alpha value is -4.97. The Labute approximate surface area is 247 Å². The Bertz CT molecular complexity index is 1570. The standard InChI is InChI=1S/C36H35N3O3/c1-4-24-36(25-28-16-8-5-9-17-28)34(41)37(26-33(40)38(27(2)3)29-18-10-6-11-19-29)31-22-14-15-23-32(31)39(35(36)42)30-20-12-7-13-21-30/h4-23,27H,1,24-26H2,2-3H3. The van der Waals surface area contributed by atoms with Gasteiger partial charge < -0.3 is 4.90 Å². The van der Waals surface area contributed by atoms with Crippen LogP contribution < -0.4 is 14.7 Å². The first-order chi connectivity index (χ1) is 20.4. The minimum absolute atomic E-state index is 0.105. The highest BCUT2D eigenvalue weighted by Gasteiger charge is 2.53. The SMILES string of the molecule is C=CCC1(Cc2ccccc2)C(=O)N(CC(=O)N(c2ccccc2)C(C)C)c2ccccc2N(c2ccccc2)C1=O. The number of allylic oxidation sites excluding steroid dienone is 1. The van der Waals surface area contributed by atoms with Crippen molar-refractivity contribution in [1.82, 2.24) is 0 Å². The smallest absolute Gasteiger partial charge is 0.247 e. The summed E-state index contributed by atoms with van der Waals surface area (Å²) in [4.78, 5) is 48.7. The molecular weight excluding hydrogens is 522 g/mol. The predicted molar refractivity (Wildman–Crippen MR) is 169 cm³/mol. The molecule has 0 aliphatic carbocycles. The quantitative estimate of drug-likeness (QED) is 0.165. The van der Waals surface area contributed by atoms with Gasteiger partial charge in [0.1, 0.15) is 12.0 Å². The molecule has 1 atom stereocenters. The number of para-hydroxylation sites is 4. The Morgan fingerprint density at radius 3 is 1.93 bits per heavy atom. The third kappa shape index (κ3) is 5.36. The lowest BCUT2D eigenvalue weighted by molar-refractivity contribution is -0.140. The summed E-state index contributed by atoms with van der Waals surface area (Å²) in [6, 6.07) is 35.5. The van der Waals surface area contributed by atoms with Crippen molar-refractivity contribution >= 4 is 40.5 Å². The highest BCUT2D eigenvalue weighted by Crippen LogP contribution is 2.45. The monoisotopic (exact) mass is 557 g/mol. The number of carbonyl (C=O) groups excluding carboxylic acids is 3. The van der Waals surface area contributed by atoms with Gasteiger partial charge in [-0.25, -0.2) is 0 Å². The minimum Gasteiger partial charge on any atom is -0.308 e. The van der Waals surface area contributed by atoms with Crippen LogP contribution in [0, 0.1) is 5.41 Å². The number of nitrogens with zero attached hydrogens (tertiary/aromatic N) is 3. The second-order valence-corrected chi connectivity index (χ2v) is 10.8. The van der Waals surface area contributed by atoms with E-state index in [9.17, 15) is 14.4 Å². The second kappa shape index (κ2) is 12.3. The number of amides is 3. The third-order valence-electron chi connectivity index (χ3n) is 7.65. The second-order valence-electron chi connectivity index (χ2n) is 10.8. The molecule has 0 radical (unpaired) electrons. The molecule has 42 heavy (non-hydrogen) atoms. The average molecular weight is 558 g/mol. The topological polar surface area (TPSA) is 60.9 Å². The van der Waals surface area contributed by atoms with Crippen LogP contribution in [0.4, 0.5) is 22.7 Å². The van der Waals surface area contributed by atoms with Crippen molar-refractivity contribution in [3.05, 3.63) is 133 Å². The van der Waals surface area contributed by atoms with E-state index in [2.05, 4.69) is 6.58 Å². The average Bonchev–Trinajstić information content (AvgIpc) is 3.07. The van der Waals surface area contributed by atoms with Gasteiger partial charge >= 0.3 is 0 Å². The maximum atomic E-state index is 14.9. The molecule has 5 rings (SSSR count). The van der Waals surface area contributed by atoms with E-state index in [1.54, 1.807) is 21.9 Å². The predicted octanol–water partition coefficient (Wildman–Crippen LogP) is 6.94. The zero-order valence-corrected chi connectivity index (χ0v) is 24.0. The molecule has 1 aliphatic rings. The fourth-order valence-electron chi connectivity index (χ4n) is 5.77. The van der Waals surface area contributed by atoms with Gasteiger partial charge in [0.2, 0.25) is 17.7 Å². The Balaban J connectivity index is 1.70. The van der Waals surface area contributed by atoms with Crippen LogP contribution in [0.3, 0.4) is 0 Å². The van der Waals surface area contributed by atoms with Crippen molar-refractivity contribution < 1.29 is 14.4 Å². The van der Waals surface area contributed by atoms with E-state index >= 15 is 0 Å². The largest absolute Gasteiger partial charge is 0.308 e. The van der Waals surface area contributed by atoms with Crippen molar-refractivity contribution in [2.24, 2.45) is 5.41 Å². The van der Waals surface area contributed by atoms with Gasteiger partial charge in [-0.3, -0.25) is 24.2 Å². The minimum atomic E-state index is -1.53. The number of hydrogen-bond donors (Lipinski definition) is 0. The molecule has 4 aromatic rings. The number of hydrogen-bond acceptors (Lipinski definition) is 3. The summed E-state index contributed by atoms with van der Waals surface area (Å²) in [6.45, 7) is 7.61. The normalized spacial score (nSPS) is 16.6. The molecule has 1 unspecified atom stereocenters. The molecular formula is C36H35N3O3.